The maximum absolute atomic E-state index is 11.4. The van der Waals surface area contributed by atoms with Gasteiger partial charge in [-0.25, -0.2) is 4.98 Å². The first kappa shape index (κ1) is 15.7. The topological polar surface area (TPSA) is 96.6 Å². The lowest BCUT2D eigenvalue weighted by atomic mass is 9.76. The number of carbonyl (C=O) groups is 1. The fourth-order valence-electron chi connectivity index (χ4n) is 2.66. The Bertz CT molecular complexity index is 571. The van der Waals surface area contributed by atoms with Gasteiger partial charge in [0, 0.05) is 29.8 Å². The van der Waals surface area contributed by atoms with E-state index in [0.717, 1.165) is 0 Å². The molecule has 0 saturated carbocycles. The second-order valence-electron chi connectivity index (χ2n) is 5.18. The van der Waals surface area contributed by atoms with Crippen LogP contribution >= 0.6 is 15.9 Å². The van der Waals surface area contributed by atoms with E-state index in [2.05, 4.69) is 20.9 Å². The van der Waals surface area contributed by atoms with Crippen LogP contribution in [0, 0.1) is 15.5 Å². The summed E-state index contributed by atoms with van der Waals surface area (Å²) >= 11 is 3.17. The van der Waals surface area contributed by atoms with Crippen molar-refractivity contribution in [3.05, 3.63) is 26.9 Å². The van der Waals surface area contributed by atoms with Crippen LogP contribution in [0.25, 0.3) is 0 Å². The number of nitrogens with zero attached hydrogens (tertiary/aromatic N) is 3. The van der Waals surface area contributed by atoms with Gasteiger partial charge in [-0.3, -0.25) is 14.9 Å². The van der Waals surface area contributed by atoms with Crippen LogP contribution in [0.1, 0.15) is 26.2 Å². The number of halogens is 1. The molecule has 1 aliphatic rings. The van der Waals surface area contributed by atoms with Gasteiger partial charge in [-0.1, -0.05) is 6.92 Å². The smallest absolute Gasteiger partial charge is 0.312 e. The Labute approximate surface area is 130 Å². The Morgan fingerprint density at radius 3 is 2.67 bits per heavy atom. The molecule has 21 heavy (non-hydrogen) atoms. The Morgan fingerprint density at radius 1 is 1.57 bits per heavy atom. The van der Waals surface area contributed by atoms with Crippen LogP contribution in [0.15, 0.2) is 16.7 Å². The third-order valence-corrected chi connectivity index (χ3v) is 4.59. The van der Waals surface area contributed by atoms with Crippen LogP contribution in [0.4, 0.5) is 11.5 Å². The number of hydrogen-bond acceptors (Lipinski definition) is 5. The lowest BCUT2D eigenvalue weighted by Gasteiger charge is -2.38. The van der Waals surface area contributed by atoms with Gasteiger partial charge in [0.1, 0.15) is 0 Å². The minimum atomic E-state index is -0.789. The molecule has 8 heteroatoms. The van der Waals surface area contributed by atoms with Crippen molar-refractivity contribution < 1.29 is 14.8 Å². The van der Waals surface area contributed by atoms with E-state index in [-0.39, 0.29) is 5.69 Å². The lowest BCUT2D eigenvalue weighted by Crippen LogP contribution is -2.44. The van der Waals surface area contributed by atoms with Crippen LogP contribution in [0.5, 0.6) is 0 Å². The molecule has 2 heterocycles. The lowest BCUT2D eigenvalue weighted by molar-refractivity contribution is -0.384. The first-order valence-corrected chi connectivity index (χ1v) is 7.47. The average molecular weight is 358 g/mol. The zero-order valence-corrected chi connectivity index (χ0v) is 13.2. The van der Waals surface area contributed by atoms with Crippen molar-refractivity contribution in [3.63, 3.8) is 0 Å². The predicted octanol–water partition coefficient (Wildman–Crippen LogP) is 2.83. The Hall–Kier alpha value is -1.70. The molecule has 1 saturated heterocycles. The van der Waals surface area contributed by atoms with Crippen molar-refractivity contribution in [3.8, 4) is 0 Å². The second-order valence-corrected chi connectivity index (χ2v) is 6.10. The highest BCUT2D eigenvalue weighted by Crippen LogP contribution is 2.38. The molecule has 0 aliphatic carbocycles. The molecule has 114 valence electrons. The van der Waals surface area contributed by atoms with Gasteiger partial charge in [0.05, 0.1) is 10.3 Å². The minimum absolute atomic E-state index is 0.0660. The first-order valence-electron chi connectivity index (χ1n) is 6.68. The summed E-state index contributed by atoms with van der Waals surface area (Å²) in [6.45, 7) is 2.77. The van der Waals surface area contributed by atoms with Gasteiger partial charge in [0.15, 0.2) is 0 Å². The number of nitro groups is 1. The summed E-state index contributed by atoms with van der Waals surface area (Å²) in [6.07, 6.45) is 3.01. The minimum Gasteiger partial charge on any atom is -0.481 e. The summed E-state index contributed by atoms with van der Waals surface area (Å²) in [6, 6.07) is 1.42. The summed E-state index contributed by atoms with van der Waals surface area (Å²) in [5.41, 5.74) is -0.788. The van der Waals surface area contributed by atoms with Gasteiger partial charge >= 0.3 is 11.7 Å². The summed E-state index contributed by atoms with van der Waals surface area (Å²) < 4.78 is 0.545. The normalized spacial score (nSPS) is 17.5. The molecule has 1 fully saturated rings. The molecule has 0 amide bonds. The highest BCUT2D eigenvalue weighted by Gasteiger charge is 2.41. The van der Waals surface area contributed by atoms with E-state index in [4.69, 9.17) is 0 Å². The predicted molar refractivity (Wildman–Crippen MR) is 80.4 cm³/mol. The number of hydrogen-bond donors (Lipinski definition) is 1. The van der Waals surface area contributed by atoms with E-state index >= 15 is 0 Å². The average Bonchev–Trinajstić information content (AvgIpc) is 2.47. The van der Waals surface area contributed by atoms with Gasteiger partial charge in [0.2, 0.25) is 5.82 Å². The van der Waals surface area contributed by atoms with Crippen LogP contribution in [-0.2, 0) is 4.79 Å². The Kier molecular flexibility index (Phi) is 4.46. The first-order chi connectivity index (χ1) is 9.89. The fraction of sp³-hybridized carbons (Fsp3) is 0.538. The van der Waals surface area contributed by atoms with Gasteiger partial charge in [-0.05, 0) is 35.2 Å². The molecule has 1 aliphatic heterocycles. The molecule has 2 rings (SSSR count). The molecule has 0 unspecified atom stereocenters. The molecule has 1 N–H and O–H groups in total. The highest BCUT2D eigenvalue weighted by atomic mass is 79.9. The third kappa shape index (κ3) is 2.99. The van der Waals surface area contributed by atoms with Crippen molar-refractivity contribution in [2.45, 2.75) is 26.2 Å². The maximum atomic E-state index is 11.4. The number of carboxylic acid groups (broad SMARTS) is 1. The van der Waals surface area contributed by atoms with E-state index in [0.29, 0.717) is 42.6 Å². The number of aromatic nitrogens is 1. The number of rotatable bonds is 4. The molecule has 1 aromatic heterocycles. The van der Waals surface area contributed by atoms with Crippen molar-refractivity contribution in [2.24, 2.45) is 5.41 Å². The van der Waals surface area contributed by atoms with E-state index in [1.54, 1.807) is 4.90 Å². The summed E-state index contributed by atoms with van der Waals surface area (Å²) in [4.78, 5) is 28.0. The zero-order chi connectivity index (χ0) is 15.6. The maximum Gasteiger partial charge on any atom is 0.312 e. The van der Waals surface area contributed by atoms with E-state index in [1.807, 2.05) is 6.92 Å². The third-order valence-electron chi connectivity index (χ3n) is 4.16. The highest BCUT2D eigenvalue weighted by molar-refractivity contribution is 9.10. The quantitative estimate of drug-likeness (QED) is 0.657. The van der Waals surface area contributed by atoms with Crippen LogP contribution < -0.4 is 4.90 Å². The molecular weight excluding hydrogens is 342 g/mol. The van der Waals surface area contributed by atoms with Gasteiger partial charge in [0.25, 0.3) is 0 Å². The largest absolute Gasteiger partial charge is 0.481 e. The van der Waals surface area contributed by atoms with Crippen molar-refractivity contribution in [1.82, 2.24) is 4.98 Å². The fourth-order valence-corrected chi connectivity index (χ4v) is 2.98. The van der Waals surface area contributed by atoms with Crippen LogP contribution in [0.3, 0.4) is 0 Å². The number of piperidine rings is 1. The SMILES string of the molecule is CCC1(C(=O)O)CCN(c2ncc(Br)cc2[N+](=O)[O-])CC1. The molecule has 0 radical (unpaired) electrons. The summed E-state index contributed by atoms with van der Waals surface area (Å²) in [5, 5.41) is 20.5. The summed E-state index contributed by atoms with van der Waals surface area (Å²) in [7, 11) is 0. The number of aliphatic carboxylic acids is 1. The Morgan fingerprint density at radius 2 is 2.19 bits per heavy atom. The van der Waals surface area contributed by atoms with Crippen molar-refractivity contribution in [1.29, 1.82) is 0 Å². The van der Waals surface area contributed by atoms with E-state index < -0.39 is 16.3 Å². The molecule has 0 aromatic carbocycles. The second kappa shape index (κ2) is 5.97. The standard InChI is InChI=1S/C13H16BrN3O4/c1-2-13(12(18)19)3-5-16(6-4-13)11-10(17(20)21)7-9(14)8-15-11/h7-8H,2-6H2,1H3,(H,18,19). The number of pyridine rings is 1. The molecule has 0 spiro atoms. The molecule has 1 aromatic rings. The molecule has 0 atom stereocenters. The Balaban J connectivity index is 2.23. The van der Waals surface area contributed by atoms with E-state index in [9.17, 15) is 20.0 Å². The van der Waals surface area contributed by atoms with E-state index in [1.165, 1.54) is 12.3 Å². The number of anilines is 1. The molecule has 7 nitrogen and oxygen atoms in total. The van der Waals surface area contributed by atoms with Crippen molar-refractivity contribution >= 4 is 33.4 Å². The van der Waals surface area contributed by atoms with Gasteiger partial charge in [-0.2, -0.15) is 0 Å². The van der Waals surface area contributed by atoms with Gasteiger partial charge in [-0.15, -0.1) is 0 Å². The van der Waals surface area contributed by atoms with Crippen molar-refractivity contribution in [2.75, 3.05) is 18.0 Å². The number of carboxylic acids is 1. The van der Waals surface area contributed by atoms with Gasteiger partial charge < -0.3 is 10.0 Å². The zero-order valence-electron chi connectivity index (χ0n) is 11.6. The summed E-state index contributed by atoms with van der Waals surface area (Å²) in [5.74, 6) is -0.485. The molecule has 0 bridgehead atoms. The monoisotopic (exact) mass is 357 g/mol. The van der Waals surface area contributed by atoms with Crippen LogP contribution in [0.2, 0.25) is 0 Å². The molecular formula is C13H16BrN3O4. The van der Waals surface area contributed by atoms with Crippen LogP contribution in [-0.4, -0.2) is 34.1 Å².